The van der Waals surface area contributed by atoms with Crippen LogP contribution in [0.5, 0.6) is 0 Å². The number of nitrogens with zero attached hydrogens (tertiary/aromatic N) is 5. The second-order valence-corrected chi connectivity index (χ2v) is 14.0. The number of likely N-dealkylation sites (N-methyl/N-ethyl adjacent to an activating group) is 1. The zero-order valence-electron chi connectivity index (χ0n) is 24.5. The molecule has 230 valence electrons. The summed E-state index contributed by atoms with van der Waals surface area (Å²) in [5.41, 5.74) is 0.842. The number of amides is 2. The molecule has 10 nitrogen and oxygen atoms in total. The maximum absolute atomic E-state index is 13.7. The molecule has 3 N–H and O–H groups in total. The Bertz CT molecular complexity index is 1570. The molecule has 5 rings (SSSR count). The van der Waals surface area contributed by atoms with Crippen molar-refractivity contribution in [2.75, 3.05) is 25.5 Å². The summed E-state index contributed by atoms with van der Waals surface area (Å²) in [6.45, 7) is 6.17. The van der Waals surface area contributed by atoms with E-state index in [2.05, 4.69) is 42.8 Å². The van der Waals surface area contributed by atoms with Crippen LogP contribution in [0.15, 0.2) is 30.9 Å². The molecule has 43 heavy (non-hydrogen) atoms. The summed E-state index contributed by atoms with van der Waals surface area (Å²) in [6, 6.07) is 2.12. The van der Waals surface area contributed by atoms with E-state index in [-0.39, 0.29) is 46.1 Å². The van der Waals surface area contributed by atoms with Gasteiger partial charge in [-0.05, 0) is 0 Å². The Labute approximate surface area is 254 Å². The van der Waals surface area contributed by atoms with Gasteiger partial charge in [0, 0.05) is 0 Å². The second kappa shape index (κ2) is 12.2. The Morgan fingerprint density at radius 1 is 1.16 bits per heavy atom. The normalized spacial score (nSPS) is 20.5. The van der Waals surface area contributed by atoms with Crippen molar-refractivity contribution in [3.05, 3.63) is 42.0 Å². The Balaban J connectivity index is 1.36. The van der Waals surface area contributed by atoms with Crippen molar-refractivity contribution in [1.82, 2.24) is 34.7 Å². The number of carbonyl (C=O) groups excluding carboxylic acids is 2. The summed E-state index contributed by atoms with van der Waals surface area (Å²) < 4.78 is 44.3. The van der Waals surface area contributed by atoms with Gasteiger partial charge in [-0.3, -0.25) is 0 Å². The Morgan fingerprint density at radius 2 is 1.93 bits per heavy atom. The standard InChI is InChI=1S/C29H35F3N8O2Se/c1-28(2,3)40-16-19(15-36-40)26(42)35-11-5-6-18-14-23-25(34-12-13-38(23)27(18)43-29(30,31)32)37-21-9-7-20-8-10-22(21)39(20)17-24(41)33-4/h12-16,20-22H,7-11,17H2,1-4H3,(H,33,41)(H,34,37)(H,35,42)/t20-,21-,22-/m1/s1. The summed E-state index contributed by atoms with van der Waals surface area (Å²) in [4.78, 5) is 31.4. The predicted molar refractivity (Wildman–Crippen MR) is 157 cm³/mol. The number of halogens is 3. The molecule has 2 aliphatic rings. The minimum atomic E-state index is -4.39. The molecule has 2 aliphatic heterocycles. The topological polar surface area (TPSA) is 109 Å². The third kappa shape index (κ3) is 7.00. The summed E-state index contributed by atoms with van der Waals surface area (Å²) >= 11 is -1.86. The van der Waals surface area contributed by atoms with Gasteiger partial charge in [0.15, 0.2) is 0 Å². The number of nitrogens with one attached hydrogen (secondary N) is 3. The quantitative estimate of drug-likeness (QED) is 0.264. The average Bonchev–Trinajstić information content (AvgIpc) is 3.63. The third-order valence-corrected chi connectivity index (χ3v) is 9.62. The number of hydrogen-bond donors (Lipinski definition) is 3. The van der Waals surface area contributed by atoms with E-state index in [1.165, 1.54) is 23.0 Å². The van der Waals surface area contributed by atoms with E-state index in [0.717, 1.165) is 25.7 Å². The molecular weight excluding hydrogens is 628 g/mol. The van der Waals surface area contributed by atoms with Crippen LogP contribution in [0, 0.1) is 11.8 Å². The van der Waals surface area contributed by atoms with Gasteiger partial charge in [0.05, 0.1) is 0 Å². The number of alkyl halides is 3. The van der Waals surface area contributed by atoms with Crippen LogP contribution in [0.25, 0.3) is 5.52 Å². The molecule has 2 bridgehead atoms. The summed E-state index contributed by atoms with van der Waals surface area (Å²) in [5.74, 6) is 5.74. The van der Waals surface area contributed by atoms with E-state index < -0.39 is 20.0 Å². The van der Waals surface area contributed by atoms with Gasteiger partial charge in [0.1, 0.15) is 0 Å². The molecule has 5 heterocycles. The van der Waals surface area contributed by atoms with Gasteiger partial charge in [0.25, 0.3) is 0 Å². The van der Waals surface area contributed by atoms with Crippen LogP contribution in [-0.4, -0.2) is 94.2 Å². The molecule has 2 amide bonds. The molecule has 3 aromatic heterocycles. The Kier molecular flexibility index (Phi) is 8.79. The first kappa shape index (κ1) is 30.9. The van der Waals surface area contributed by atoms with Crippen molar-refractivity contribution >= 4 is 42.7 Å². The van der Waals surface area contributed by atoms with E-state index in [4.69, 9.17) is 0 Å². The summed E-state index contributed by atoms with van der Waals surface area (Å²) in [6.07, 6.45) is 9.87. The van der Waals surface area contributed by atoms with E-state index in [1.54, 1.807) is 24.0 Å². The van der Waals surface area contributed by atoms with Crippen LogP contribution in [0.1, 0.15) is 62.4 Å². The van der Waals surface area contributed by atoms with Gasteiger partial charge in [-0.2, -0.15) is 0 Å². The van der Waals surface area contributed by atoms with E-state index in [9.17, 15) is 22.8 Å². The van der Waals surface area contributed by atoms with Crippen LogP contribution in [0.4, 0.5) is 19.0 Å². The molecule has 0 radical (unpaired) electrons. The van der Waals surface area contributed by atoms with Crippen LogP contribution in [0.2, 0.25) is 0 Å². The molecule has 0 unspecified atom stereocenters. The first-order valence-corrected chi connectivity index (χ1v) is 15.9. The average molecular weight is 664 g/mol. The summed E-state index contributed by atoms with van der Waals surface area (Å²) in [7, 11) is 1.62. The van der Waals surface area contributed by atoms with Crippen molar-refractivity contribution in [2.45, 2.75) is 75.2 Å². The molecule has 0 spiro atoms. The van der Waals surface area contributed by atoms with Gasteiger partial charge in [0.2, 0.25) is 0 Å². The first-order valence-electron chi connectivity index (χ1n) is 14.1. The van der Waals surface area contributed by atoms with Crippen LogP contribution < -0.4 is 20.5 Å². The monoisotopic (exact) mass is 664 g/mol. The fourth-order valence-corrected chi connectivity index (χ4v) is 7.24. The number of rotatable bonds is 7. The number of piperidine rings is 1. The van der Waals surface area contributed by atoms with Gasteiger partial charge in [-0.25, -0.2) is 0 Å². The van der Waals surface area contributed by atoms with Crippen molar-refractivity contribution in [1.29, 1.82) is 0 Å². The Morgan fingerprint density at radius 3 is 2.63 bits per heavy atom. The van der Waals surface area contributed by atoms with Gasteiger partial charge >= 0.3 is 255 Å². The van der Waals surface area contributed by atoms with E-state index in [0.29, 0.717) is 29.5 Å². The summed E-state index contributed by atoms with van der Waals surface area (Å²) in [5, 5.41) is 8.71. The fourth-order valence-electron chi connectivity index (χ4n) is 5.77. The third-order valence-electron chi connectivity index (χ3n) is 7.85. The van der Waals surface area contributed by atoms with Gasteiger partial charge < -0.3 is 0 Å². The Hall–Kier alpha value is -3.53. The molecular formula is C29H35F3N8O2Se. The maximum atomic E-state index is 13.7. The van der Waals surface area contributed by atoms with Gasteiger partial charge in [-0.1, -0.05) is 0 Å². The number of anilines is 1. The molecule has 3 atom stereocenters. The van der Waals surface area contributed by atoms with Crippen LogP contribution in [0.3, 0.4) is 0 Å². The van der Waals surface area contributed by atoms with Crippen LogP contribution in [-0.2, 0) is 10.3 Å². The fraction of sp³-hybridized carbons (Fsp3) is 0.517. The number of fused-ring (bicyclic) bond motifs is 3. The van der Waals surface area contributed by atoms with Crippen molar-refractivity contribution in [3.8, 4) is 11.8 Å². The molecule has 2 saturated heterocycles. The van der Waals surface area contributed by atoms with E-state index in [1.807, 2.05) is 20.8 Å². The molecule has 0 saturated carbocycles. The van der Waals surface area contributed by atoms with E-state index >= 15 is 0 Å². The molecule has 3 aromatic rings. The zero-order chi connectivity index (χ0) is 30.9. The second-order valence-electron chi connectivity index (χ2n) is 11.7. The molecule has 14 heteroatoms. The molecule has 0 aromatic carbocycles. The van der Waals surface area contributed by atoms with Crippen molar-refractivity contribution in [3.63, 3.8) is 0 Å². The predicted octanol–water partition coefficient (Wildman–Crippen LogP) is 2.07. The molecule has 0 aliphatic carbocycles. The minimum absolute atomic E-state index is 0.000896. The van der Waals surface area contributed by atoms with Crippen molar-refractivity contribution in [2.24, 2.45) is 0 Å². The van der Waals surface area contributed by atoms with Crippen LogP contribution >= 0.6 is 0 Å². The van der Waals surface area contributed by atoms with Crippen molar-refractivity contribution < 1.29 is 22.8 Å². The molecule has 2 fully saturated rings. The number of hydrogen-bond acceptors (Lipinski definition) is 6. The first-order chi connectivity index (χ1) is 20.3. The number of carbonyl (C=O) groups is 2. The SMILES string of the molecule is CNC(=O)CN1[C@H]2CC[C@@H]1[C@H](Nc1nccn3c([Se]C(F)(F)F)c(C#CCNC(=O)c4cnn(C(C)(C)C)c4)cc13)CC2. The number of aromatic nitrogens is 4. The van der Waals surface area contributed by atoms with Gasteiger partial charge in [-0.15, -0.1) is 0 Å². The zero-order valence-corrected chi connectivity index (χ0v) is 26.2.